The number of hydrogen-bond donors (Lipinski definition) is 0. The fourth-order valence-corrected chi connectivity index (χ4v) is 4.91. The average Bonchev–Trinajstić information content (AvgIpc) is 3.16. The van der Waals surface area contributed by atoms with Gasteiger partial charge in [0.2, 0.25) is 5.78 Å². The molecule has 1 aromatic heterocycles. The van der Waals surface area contributed by atoms with Gasteiger partial charge in [0.25, 0.3) is 5.89 Å². The zero-order valence-electron chi connectivity index (χ0n) is 14.9. The van der Waals surface area contributed by atoms with Gasteiger partial charge in [-0.3, -0.25) is 4.79 Å². The predicted octanol–water partition coefficient (Wildman–Crippen LogP) is 3.31. The van der Waals surface area contributed by atoms with Crippen LogP contribution in [-0.4, -0.2) is 37.4 Å². The summed E-state index contributed by atoms with van der Waals surface area (Å²) in [6.45, 7) is 0.708. The first-order chi connectivity index (χ1) is 12.4. The second-order valence-electron chi connectivity index (χ2n) is 6.86. The number of rotatable bonds is 7. The number of aromatic nitrogens is 1. The SMILES string of the molecule is CS(=O)(=O)C1CC(CCCC(=O)c2ncco2)CCN1c1ccccc1. The van der Waals surface area contributed by atoms with Crippen molar-refractivity contribution in [2.75, 3.05) is 17.7 Å². The number of Topliss-reactive ketones (excluding diaryl/α,β-unsaturated/α-hetero) is 1. The summed E-state index contributed by atoms with van der Waals surface area (Å²) >= 11 is 0. The Bertz CT molecular complexity index is 818. The summed E-state index contributed by atoms with van der Waals surface area (Å²) < 4.78 is 29.7. The standard InChI is InChI=1S/C19H24N2O4S/c1-26(23,24)18-14-15(6-5-9-17(22)19-20-11-13-25-19)10-12-21(18)16-7-3-2-4-8-16/h2-4,7-8,11,13,15,18H,5-6,9-10,12,14H2,1H3. The Kier molecular flexibility index (Phi) is 5.76. The number of sulfone groups is 1. The number of ketones is 1. The van der Waals surface area contributed by atoms with E-state index in [9.17, 15) is 13.2 Å². The van der Waals surface area contributed by atoms with Gasteiger partial charge in [0, 0.05) is 24.9 Å². The average molecular weight is 376 g/mol. The van der Waals surface area contributed by atoms with Crippen molar-refractivity contribution in [1.82, 2.24) is 4.98 Å². The molecule has 1 fully saturated rings. The van der Waals surface area contributed by atoms with Gasteiger partial charge in [-0.2, -0.15) is 0 Å². The van der Waals surface area contributed by atoms with E-state index in [0.29, 0.717) is 31.7 Å². The van der Waals surface area contributed by atoms with Crippen LogP contribution in [0.15, 0.2) is 47.2 Å². The Hall–Kier alpha value is -2.15. The van der Waals surface area contributed by atoms with Crippen molar-refractivity contribution in [1.29, 1.82) is 0 Å². The van der Waals surface area contributed by atoms with Gasteiger partial charge in [0.1, 0.15) is 11.6 Å². The summed E-state index contributed by atoms with van der Waals surface area (Å²) in [6.07, 6.45) is 7.61. The Morgan fingerprint density at radius 2 is 2.08 bits per heavy atom. The van der Waals surface area contributed by atoms with Crippen LogP contribution >= 0.6 is 0 Å². The Morgan fingerprint density at radius 1 is 1.31 bits per heavy atom. The molecule has 3 rings (SSSR count). The van der Waals surface area contributed by atoms with Crippen molar-refractivity contribution in [3.8, 4) is 0 Å². The van der Waals surface area contributed by atoms with Crippen LogP contribution in [0, 0.1) is 5.92 Å². The van der Waals surface area contributed by atoms with E-state index in [1.165, 1.54) is 18.7 Å². The van der Waals surface area contributed by atoms with Gasteiger partial charge >= 0.3 is 0 Å². The van der Waals surface area contributed by atoms with Gasteiger partial charge in [0.05, 0.1) is 6.20 Å². The number of piperidine rings is 1. The monoisotopic (exact) mass is 376 g/mol. The minimum atomic E-state index is -3.20. The molecule has 1 aromatic carbocycles. The highest BCUT2D eigenvalue weighted by atomic mass is 32.2. The molecule has 0 spiro atoms. The Morgan fingerprint density at radius 3 is 2.73 bits per heavy atom. The molecule has 1 aliphatic heterocycles. The molecule has 1 aliphatic rings. The first-order valence-corrected chi connectivity index (χ1v) is 10.8. The van der Waals surface area contributed by atoms with E-state index >= 15 is 0 Å². The lowest BCUT2D eigenvalue weighted by atomic mass is 9.90. The maximum absolute atomic E-state index is 12.3. The van der Waals surface area contributed by atoms with E-state index in [1.807, 2.05) is 35.2 Å². The summed E-state index contributed by atoms with van der Waals surface area (Å²) in [6, 6.07) is 9.68. The number of carbonyl (C=O) groups excluding carboxylic acids is 1. The lowest BCUT2D eigenvalue weighted by Gasteiger charge is -2.40. The largest absolute Gasteiger partial charge is 0.442 e. The van der Waals surface area contributed by atoms with Crippen LogP contribution in [-0.2, 0) is 9.84 Å². The highest BCUT2D eigenvalue weighted by Gasteiger charge is 2.35. The molecular formula is C19H24N2O4S. The van der Waals surface area contributed by atoms with Crippen molar-refractivity contribution >= 4 is 21.3 Å². The van der Waals surface area contributed by atoms with E-state index in [2.05, 4.69) is 4.98 Å². The van der Waals surface area contributed by atoms with Crippen LogP contribution in [0.5, 0.6) is 0 Å². The lowest BCUT2D eigenvalue weighted by molar-refractivity contribution is 0.0943. The third kappa shape index (κ3) is 4.52. The second-order valence-corrected chi connectivity index (χ2v) is 9.06. The lowest BCUT2D eigenvalue weighted by Crippen LogP contribution is -2.47. The Balaban J connectivity index is 1.59. The van der Waals surface area contributed by atoms with E-state index in [0.717, 1.165) is 18.5 Å². The molecule has 0 amide bonds. The number of para-hydroxylation sites is 1. The molecule has 2 heterocycles. The van der Waals surface area contributed by atoms with Crippen LogP contribution in [0.4, 0.5) is 5.69 Å². The molecule has 2 unspecified atom stereocenters. The smallest absolute Gasteiger partial charge is 0.263 e. The molecule has 0 radical (unpaired) electrons. The molecule has 1 saturated heterocycles. The zero-order chi connectivity index (χ0) is 18.6. The van der Waals surface area contributed by atoms with Gasteiger partial charge in [-0.15, -0.1) is 0 Å². The summed E-state index contributed by atoms with van der Waals surface area (Å²) in [7, 11) is -3.20. The van der Waals surface area contributed by atoms with Gasteiger partial charge < -0.3 is 9.32 Å². The molecule has 0 aliphatic carbocycles. The van der Waals surface area contributed by atoms with E-state index in [1.54, 1.807) is 0 Å². The van der Waals surface area contributed by atoms with Crippen LogP contribution in [0.1, 0.15) is 42.8 Å². The van der Waals surface area contributed by atoms with Crippen LogP contribution < -0.4 is 4.90 Å². The van der Waals surface area contributed by atoms with Crippen molar-refractivity contribution in [2.24, 2.45) is 5.92 Å². The topological polar surface area (TPSA) is 80.5 Å². The maximum Gasteiger partial charge on any atom is 0.263 e. The molecule has 2 atom stereocenters. The predicted molar refractivity (Wildman–Crippen MR) is 99.8 cm³/mol. The fraction of sp³-hybridized carbons (Fsp3) is 0.474. The number of nitrogens with zero attached hydrogens (tertiary/aromatic N) is 2. The second kappa shape index (κ2) is 8.03. The third-order valence-corrected chi connectivity index (χ3v) is 6.37. The summed E-state index contributed by atoms with van der Waals surface area (Å²) in [5.41, 5.74) is 0.945. The fourth-order valence-electron chi connectivity index (χ4n) is 3.60. The molecule has 0 bridgehead atoms. The summed E-state index contributed by atoms with van der Waals surface area (Å²) in [5, 5.41) is -0.508. The molecule has 140 valence electrons. The van der Waals surface area contributed by atoms with Gasteiger partial charge in [-0.1, -0.05) is 18.2 Å². The summed E-state index contributed by atoms with van der Waals surface area (Å²) in [5.74, 6) is 0.348. The van der Waals surface area contributed by atoms with Gasteiger partial charge in [-0.05, 0) is 43.7 Å². The van der Waals surface area contributed by atoms with E-state index < -0.39 is 15.2 Å². The van der Waals surface area contributed by atoms with Crippen molar-refractivity contribution in [3.63, 3.8) is 0 Å². The van der Waals surface area contributed by atoms with Gasteiger partial charge in [-0.25, -0.2) is 13.4 Å². The number of anilines is 1. The molecule has 6 nitrogen and oxygen atoms in total. The molecule has 26 heavy (non-hydrogen) atoms. The number of carbonyl (C=O) groups is 1. The molecule has 7 heteroatoms. The van der Waals surface area contributed by atoms with Crippen LogP contribution in [0.2, 0.25) is 0 Å². The molecule has 2 aromatic rings. The quantitative estimate of drug-likeness (QED) is 0.690. The highest BCUT2D eigenvalue weighted by Crippen LogP contribution is 2.33. The normalized spacial score (nSPS) is 20.9. The first kappa shape index (κ1) is 18.6. The number of hydrogen-bond acceptors (Lipinski definition) is 6. The highest BCUT2D eigenvalue weighted by molar-refractivity contribution is 7.91. The van der Waals surface area contributed by atoms with E-state index in [-0.39, 0.29) is 11.7 Å². The van der Waals surface area contributed by atoms with Crippen molar-refractivity contribution in [2.45, 2.75) is 37.5 Å². The first-order valence-electron chi connectivity index (χ1n) is 8.88. The van der Waals surface area contributed by atoms with Crippen molar-refractivity contribution in [3.05, 3.63) is 48.7 Å². The summed E-state index contributed by atoms with van der Waals surface area (Å²) in [4.78, 5) is 17.8. The van der Waals surface area contributed by atoms with Gasteiger partial charge in [0.15, 0.2) is 9.84 Å². The molecular weight excluding hydrogens is 352 g/mol. The van der Waals surface area contributed by atoms with E-state index in [4.69, 9.17) is 4.42 Å². The molecule has 0 N–H and O–H groups in total. The maximum atomic E-state index is 12.3. The Labute approximate surface area is 154 Å². The number of oxazole rings is 1. The molecule has 0 saturated carbocycles. The number of benzene rings is 1. The third-order valence-electron chi connectivity index (χ3n) is 4.93. The van der Waals surface area contributed by atoms with Crippen molar-refractivity contribution < 1.29 is 17.6 Å². The van der Waals surface area contributed by atoms with Crippen LogP contribution in [0.25, 0.3) is 0 Å². The zero-order valence-corrected chi connectivity index (χ0v) is 15.7. The minimum absolute atomic E-state index is 0.101. The minimum Gasteiger partial charge on any atom is -0.442 e. The van der Waals surface area contributed by atoms with Crippen LogP contribution in [0.3, 0.4) is 0 Å².